The highest BCUT2D eigenvalue weighted by atomic mass is 16.5. The predicted molar refractivity (Wildman–Crippen MR) is 200 cm³/mol. The molecule has 13 heteroatoms. The lowest BCUT2D eigenvalue weighted by molar-refractivity contribution is -0.144. The van der Waals surface area contributed by atoms with E-state index >= 15 is 0 Å². The Kier molecular flexibility index (Phi) is 13.5. The van der Waals surface area contributed by atoms with Crippen molar-refractivity contribution >= 4 is 35.4 Å². The summed E-state index contributed by atoms with van der Waals surface area (Å²) in [5.74, 6) is -1.80. The van der Waals surface area contributed by atoms with Gasteiger partial charge in [0, 0.05) is 25.7 Å². The first-order valence-corrected chi connectivity index (χ1v) is 20.5. The van der Waals surface area contributed by atoms with E-state index < -0.39 is 53.2 Å². The van der Waals surface area contributed by atoms with Crippen LogP contribution in [0.25, 0.3) is 0 Å². The Morgan fingerprint density at radius 2 is 1.43 bits per heavy atom. The summed E-state index contributed by atoms with van der Waals surface area (Å²) in [6.45, 7) is 14.2. The van der Waals surface area contributed by atoms with Gasteiger partial charge in [0.05, 0.1) is 19.3 Å². The first kappa shape index (κ1) is 41.0. The molecule has 3 saturated carbocycles. The summed E-state index contributed by atoms with van der Waals surface area (Å²) in [6.07, 6.45) is 11.1. The van der Waals surface area contributed by atoms with Crippen LogP contribution in [0, 0.1) is 28.6 Å². The SMILES string of the molecule is CCCC(NC(=O)C1CC(C(C)(C)C2CCC2)CN1C(=O)C(NC(=O)N[C@H](C(=O)N1CCOCC1)C1CCCCC1)C(C)(C)C)C(=O)C(=O)NC1CC1. The van der Waals surface area contributed by atoms with Crippen LogP contribution in [0.15, 0.2) is 0 Å². The summed E-state index contributed by atoms with van der Waals surface area (Å²) in [5.41, 5.74) is -0.878. The van der Waals surface area contributed by atoms with Crippen LogP contribution in [0.2, 0.25) is 0 Å². The van der Waals surface area contributed by atoms with Gasteiger partial charge in [-0.3, -0.25) is 24.0 Å². The van der Waals surface area contributed by atoms with Crippen LogP contribution >= 0.6 is 0 Å². The maximum absolute atomic E-state index is 14.8. The van der Waals surface area contributed by atoms with Crippen LogP contribution in [-0.4, -0.2) is 108 Å². The predicted octanol–water partition coefficient (Wildman–Crippen LogP) is 3.68. The standard InChI is InChI=1S/C40H66N6O7/c1-7-12-29(32(47)35(49)41-28-17-18-28)42-34(48)30-23-27(40(5,6)26-15-11-16-26)24-46(30)37(51)33(39(2,3)4)44-38(52)43-31(25-13-9-8-10-14-25)36(50)45-19-21-53-22-20-45/h25-31,33H,7-24H2,1-6H3,(H,41,49)(H,42,48)(H2,43,44,52)/t27?,29?,30?,31-,33?/m0/s1. The highest BCUT2D eigenvalue weighted by Crippen LogP contribution is 2.50. The summed E-state index contributed by atoms with van der Waals surface area (Å²) < 4.78 is 5.47. The summed E-state index contributed by atoms with van der Waals surface area (Å²) in [4.78, 5) is 86.1. The van der Waals surface area contributed by atoms with Gasteiger partial charge >= 0.3 is 6.03 Å². The van der Waals surface area contributed by atoms with Crippen molar-refractivity contribution in [2.45, 2.75) is 155 Å². The van der Waals surface area contributed by atoms with Crippen molar-refractivity contribution in [3.05, 3.63) is 0 Å². The minimum absolute atomic E-state index is 0.0000736. The second kappa shape index (κ2) is 17.5. The van der Waals surface area contributed by atoms with E-state index in [0.717, 1.165) is 64.2 Å². The Balaban J connectivity index is 1.36. The number of nitrogens with zero attached hydrogens (tertiary/aromatic N) is 2. The number of hydrogen-bond acceptors (Lipinski definition) is 7. The Labute approximate surface area is 316 Å². The van der Waals surface area contributed by atoms with Crippen molar-refractivity contribution in [1.29, 1.82) is 0 Å². The first-order chi connectivity index (χ1) is 25.1. The molecule has 2 saturated heterocycles. The monoisotopic (exact) mass is 742 g/mol. The number of ketones is 1. The van der Waals surface area contributed by atoms with Gasteiger partial charge in [0.1, 0.15) is 18.1 Å². The van der Waals surface area contributed by atoms with E-state index in [1.54, 1.807) is 9.80 Å². The molecule has 53 heavy (non-hydrogen) atoms. The minimum Gasteiger partial charge on any atom is -0.378 e. The Morgan fingerprint density at radius 3 is 2.00 bits per heavy atom. The molecule has 6 amide bonds. The summed E-state index contributed by atoms with van der Waals surface area (Å²) in [6, 6.07) is -4.17. The molecule has 298 valence electrons. The molecule has 2 aliphatic heterocycles. The maximum Gasteiger partial charge on any atom is 0.316 e. The molecule has 5 fully saturated rings. The molecule has 0 aromatic carbocycles. The first-order valence-electron chi connectivity index (χ1n) is 20.5. The molecule has 2 heterocycles. The second-order valence-electron chi connectivity index (χ2n) is 18.1. The molecule has 5 atom stereocenters. The third-order valence-corrected chi connectivity index (χ3v) is 12.8. The minimum atomic E-state index is -1.01. The van der Waals surface area contributed by atoms with E-state index in [9.17, 15) is 28.8 Å². The van der Waals surface area contributed by atoms with E-state index in [1.165, 1.54) is 0 Å². The number of likely N-dealkylation sites (tertiary alicyclic amines) is 1. The number of Topliss-reactive ketones (excluding diaryl/α,β-unsaturated/α-hetero) is 1. The molecule has 3 aliphatic carbocycles. The van der Waals surface area contributed by atoms with E-state index in [4.69, 9.17) is 4.74 Å². The van der Waals surface area contributed by atoms with Gasteiger partial charge in [0.25, 0.3) is 5.91 Å². The van der Waals surface area contributed by atoms with Crippen molar-refractivity contribution in [3.8, 4) is 0 Å². The van der Waals surface area contributed by atoms with E-state index in [0.29, 0.717) is 58.0 Å². The van der Waals surface area contributed by atoms with Crippen molar-refractivity contribution in [2.75, 3.05) is 32.8 Å². The van der Waals surface area contributed by atoms with E-state index in [1.807, 2.05) is 27.7 Å². The molecule has 4 unspecified atom stereocenters. The average Bonchev–Trinajstić information content (AvgIpc) is 3.79. The average molecular weight is 743 g/mol. The Morgan fingerprint density at radius 1 is 0.774 bits per heavy atom. The van der Waals surface area contributed by atoms with Gasteiger partial charge in [0.2, 0.25) is 23.5 Å². The normalized spacial score (nSPS) is 24.7. The van der Waals surface area contributed by atoms with Gasteiger partial charge < -0.3 is 35.8 Å². The topological polar surface area (TPSA) is 166 Å². The van der Waals surface area contributed by atoms with Gasteiger partial charge in [-0.2, -0.15) is 0 Å². The van der Waals surface area contributed by atoms with E-state index in [2.05, 4.69) is 35.1 Å². The number of hydrogen-bond donors (Lipinski definition) is 4. The quantitative estimate of drug-likeness (QED) is 0.197. The van der Waals surface area contributed by atoms with Gasteiger partial charge in [-0.15, -0.1) is 0 Å². The number of carbonyl (C=O) groups is 6. The molecule has 0 radical (unpaired) electrons. The third-order valence-electron chi connectivity index (χ3n) is 12.8. The number of ether oxygens (including phenoxy) is 1. The van der Waals surface area contributed by atoms with Crippen molar-refractivity contribution in [3.63, 3.8) is 0 Å². The lowest BCUT2D eigenvalue weighted by Gasteiger charge is -2.44. The highest BCUT2D eigenvalue weighted by Gasteiger charge is 2.51. The molecular formula is C40H66N6O7. The number of urea groups is 1. The summed E-state index contributed by atoms with van der Waals surface area (Å²) in [7, 11) is 0. The second-order valence-corrected chi connectivity index (χ2v) is 18.1. The number of nitrogens with one attached hydrogen (secondary N) is 4. The fourth-order valence-corrected chi connectivity index (χ4v) is 8.78. The van der Waals surface area contributed by atoms with Gasteiger partial charge in [-0.05, 0) is 80.0 Å². The third kappa shape index (κ3) is 10.1. The number of morpholine rings is 1. The van der Waals surface area contributed by atoms with Crippen LogP contribution in [0.3, 0.4) is 0 Å². The van der Waals surface area contributed by atoms with Crippen molar-refractivity contribution < 1.29 is 33.5 Å². The number of carbonyl (C=O) groups excluding carboxylic acids is 6. The molecular weight excluding hydrogens is 676 g/mol. The Hall–Kier alpha value is -3.22. The number of amides is 6. The maximum atomic E-state index is 14.8. The molecule has 0 aromatic rings. The summed E-state index contributed by atoms with van der Waals surface area (Å²) >= 11 is 0. The molecule has 0 aromatic heterocycles. The van der Waals surface area contributed by atoms with Crippen molar-refractivity contribution in [2.24, 2.45) is 28.6 Å². The zero-order valence-corrected chi connectivity index (χ0v) is 33.1. The highest BCUT2D eigenvalue weighted by molar-refractivity contribution is 6.38. The lowest BCUT2D eigenvalue weighted by atomic mass is 9.61. The van der Waals surface area contributed by atoms with Crippen LogP contribution < -0.4 is 21.3 Å². The molecule has 13 nitrogen and oxygen atoms in total. The molecule has 0 bridgehead atoms. The molecule has 4 N–H and O–H groups in total. The number of rotatable bonds is 14. The van der Waals surface area contributed by atoms with Gasteiger partial charge in [0.15, 0.2) is 0 Å². The zero-order valence-electron chi connectivity index (χ0n) is 33.1. The van der Waals surface area contributed by atoms with Crippen LogP contribution in [-0.2, 0) is 28.7 Å². The fraction of sp³-hybridized carbons (Fsp3) is 0.850. The molecule has 5 aliphatic rings. The van der Waals surface area contributed by atoms with Gasteiger partial charge in [-0.25, -0.2) is 4.79 Å². The van der Waals surface area contributed by atoms with Crippen LogP contribution in [0.4, 0.5) is 4.79 Å². The van der Waals surface area contributed by atoms with Crippen LogP contribution in [0.1, 0.15) is 125 Å². The Bertz CT molecular complexity index is 1340. The molecule has 0 spiro atoms. The largest absolute Gasteiger partial charge is 0.378 e. The van der Waals surface area contributed by atoms with Crippen LogP contribution in [0.5, 0.6) is 0 Å². The van der Waals surface area contributed by atoms with Gasteiger partial charge in [-0.1, -0.05) is 73.6 Å². The fourth-order valence-electron chi connectivity index (χ4n) is 8.78. The zero-order chi connectivity index (χ0) is 38.5. The summed E-state index contributed by atoms with van der Waals surface area (Å²) in [5, 5.41) is 11.6. The van der Waals surface area contributed by atoms with E-state index in [-0.39, 0.29) is 35.1 Å². The smallest absolute Gasteiger partial charge is 0.316 e. The molecule has 5 rings (SSSR count). The van der Waals surface area contributed by atoms with Crippen molar-refractivity contribution in [1.82, 2.24) is 31.1 Å². The lowest BCUT2D eigenvalue weighted by Crippen LogP contribution is -2.62.